The van der Waals surface area contributed by atoms with E-state index in [4.69, 9.17) is 4.74 Å². The highest BCUT2D eigenvalue weighted by atomic mass is 32.2. The van der Waals surface area contributed by atoms with Crippen LogP contribution in [0.2, 0.25) is 0 Å². The third kappa shape index (κ3) is 5.85. The lowest BCUT2D eigenvalue weighted by molar-refractivity contribution is -0.132. The summed E-state index contributed by atoms with van der Waals surface area (Å²) in [4.78, 5) is 19.2. The summed E-state index contributed by atoms with van der Waals surface area (Å²) in [6.45, 7) is 7.49. The number of carboxylic acids is 1. The number of carbonyl (C=O) groups is 1. The van der Waals surface area contributed by atoms with E-state index in [0.717, 1.165) is 27.3 Å². The molecule has 2 N–H and O–H groups in total. The Kier molecular flexibility index (Phi) is 8.02. The number of ether oxygens (including phenoxy) is 1. The highest BCUT2D eigenvalue weighted by Gasteiger charge is 2.30. The van der Waals surface area contributed by atoms with E-state index in [0.29, 0.717) is 41.1 Å². The molecule has 9 heteroatoms. The lowest BCUT2D eigenvalue weighted by Crippen LogP contribution is -2.23. The SMILES string of the molecule is C=C1C(C(=O)O)=CN(Cc2ccccc2-c2ccccc2)c2sc(NS(=O)c3ccc(COCC)cc3)nc21. The minimum atomic E-state index is -1.56. The van der Waals surface area contributed by atoms with Gasteiger partial charge in [0.1, 0.15) is 10.7 Å². The first kappa shape index (κ1) is 26.6. The third-order valence-electron chi connectivity index (χ3n) is 6.23. The molecule has 0 saturated heterocycles. The van der Waals surface area contributed by atoms with Gasteiger partial charge in [0.15, 0.2) is 16.1 Å². The Morgan fingerprint density at radius 3 is 2.51 bits per heavy atom. The molecule has 1 unspecified atom stereocenters. The second kappa shape index (κ2) is 11.8. The molecule has 0 radical (unpaired) electrons. The number of aliphatic carboxylic acids is 1. The molecule has 5 rings (SSSR count). The Bertz CT molecular complexity index is 1560. The van der Waals surface area contributed by atoms with Crippen molar-refractivity contribution >= 4 is 44.0 Å². The van der Waals surface area contributed by atoms with Crippen LogP contribution in [-0.4, -0.2) is 26.9 Å². The fourth-order valence-corrected chi connectivity index (χ4v) is 6.20. The monoisotopic (exact) mass is 557 g/mol. The van der Waals surface area contributed by atoms with E-state index in [1.54, 1.807) is 18.3 Å². The lowest BCUT2D eigenvalue weighted by atomic mass is 9.98. The van der Waals surface area contributed by atoms with Crippen molar-refractivity contribution in [3.05, 3.63) is 114 Å². The number of nitrogens with one attached hydrogen (secondary N) is 1. The highest BCUT2D eigenvalue weighted by molar-refractivity contribution is 7.86. The lowest BCUT2D eigenvalue weighted by Gasteiger charge is -2.26. The number of rotatable bonds is 10. The molecule has 1 aliphatic heterocycles. The van der Waals surface area contributed by atoms with Crippen LogP contribution in [0, 0.1) is 0 Å². The van der Waals surface area contributed by atoms with Crippen LogP contribution in [0.1, 0.15) is 23.7 Å². The number of nitrogens with zero attached hydrogens (tertiary/aromatic N) is 2. The summed E-state index contributed by atoms with van der Waals surface area (Å²) >= 11 is 1.31. The molecular weight excluding hydrogens is 530 g/mol. The zero-order chi connectivity index (χ0) is 27.4. The zero-order valence-corrected chi connectivity index (χ0v) is 22.9. The number of thiazole rings is 1. The van der Waals surface area contributed by atoms with Gasteiger partial charge in [-0.3, -0.25) is 4.72 Å². The van der Waals surface area contributed by atoms with E-state index in [1.807, 2.05) is 72.5 Å². The molecule has 198 valence electrons. The van der Waals surface area contributed by atoms with Gasteiger partial charge >= 0.3 is 5.97 Å². The van der Waals surface area contributed by atoms with Crippen LogP contribution in [0.15, 0.2) is 102 Å². The molecule has 1 aromatic heterocycles. The van der Waals surface area contributed by atoms with Crippen molar-refractivity contribution in [3.63, 3.8) is 0 Å². The van der Waals surface area contributed by atoms with Crippen molar-refractivity contribution in [2.45, 2.75) is 25.0 Å². The van der Waals surface area contributed by atoms with Crippen LogP contribution in [0.4, 0.5) is 10.1 Å². The molecule has 0 spiro atoms. The molecule has 1 atom stereocenters. The Labute approximate surface area is 233 Å². The molecular formula is C30H27N3O4S2. The zero-order valence-electron chi connectivity index (χ0n) is 21.3. The van der Waals surface area contributed by atoms with E-state index < -0.39 is 17.0 Å². The molecule has 7 nitrogen and oxygen atoms in total. The molecule has 39 heavy (non-hydrogen) atoms. The van der Waals surface area contributed by atoms with Crippen molar-refractivity contribution in [1.29, 1.82) is 0 Å². The second-order valence-corrected chi connectivity index (χ2v) is 11.0. The van der Waals surface area contributed by atoms with Crippen molar-refractivity contribution in [2.75, 3.05) is 16.2 Å². The quantitative estimate of drug-likeness (QED) is 0.232. The van der Waals surface area contributed by atoms with Crippen LogP contribution in [-0.2, 0) is 33.7 Å². The average molecular weight is 558 g/mol. The van der Waals surface area contributed by atoms with E-state index in [1.165, 1.54) is 11.3 Å². The topological polar surface area (TPSA) is 91.8 Å². The Balaban J connectivity index is 1.43. The minimum absolute atomic E-state index is 0.0718. The molecule has 0 saturated carbocycles. The standard InChI is InChI=1S/C30H27N3O4S2/c1-3-37-19-21-13-15-24(16-14-21)39(36)32-30-31-27-20(2)26(29(34)35)18-33(28(27)38-30)17-23-11-7-8-12-25(23)22-9-5-4-6-10-22/h4-16,18H,2-3,17,19H2,1H3,(H,31,32)(H,34,35). The van der Waals surface area contributed by atoms with Gasteiger partial charge in [-0.25, -0.2) is 14.0 Å². The summed E-state index contributed by atoms with van der Waals surface area (Å²) in [5, 5.41) is 11.0. The van der Waals surface area contributed by atoms with Crippen molar-refractivity contribution < 1.29 is 18.8 Å². The summed E-state index contributed by atoms with van der Waals surface area (Å²) in [6.07, 6.45) is 1.60. The van der Waals surface area contributed by atoms with Crippen LogP contribution in [0.25, 0.3) is 16.7 Å². The van der Waals surface area contributed by atoms with Crippen LogP contribution < -0.4 is 9.62 Å². The molecule has 2 heterocycles. The first-order valence-electron chi connectivity index (χ1n) is 12.3. The van der Waals surface area contributed by atoms with E-state index in [-0.39, 0.29) is 5.57 Å². The summed E-state index contributed by atoms with van der Waals surface area (Å²) in [5.41, 5.74) is 5.02. The first-order chi connectivity index (χ1) is 18.9. The fourth-order valence-electron chi connectivity index (χ4n) is 4.28. The summed E-state index contributed by atoms with van der Waals surface area (Å²) < 4.78 is 21.5. The van der Waals surface area contributed by atoms with E-state index >= 15 is 0 Å². The van der Waals surface area contributed by atoms with Crippen molar-refractivity contribution in [3.8, 4) is 11.1 Å². The van der Waals surface area contributed by atoms with Gasteiger partial charge in [-0.2, -0.15) is 0 Å². The smallest absolute Gasteiger partial charge is 0.337 e. The number of hydrogen-bond donors (Lipinski definition) is 2. The summed E-state index contributed by atoms with van der Waals surface area (Å²) in [5.74, 6) is -1.08. The third-order valence-corrected chi connectivity index (χ3v) is 8.45. The predicted molar refractivity (Wildman–Crippen MR) is 157 cm³/mol. The Morgan fingerprint density at radius 2 is 1.79 bits per heavy atom. The first-order valence-corrected chi connectivity index (χ1v) is 14.3. The van der Waals surface area contributed by atoms with Gasteiger partial charge in [-0.15, -0.1) is 0 Å². The van der Waals surface area contributed by atoms with Crippen LogP contribution >= 0.6 is 11.3 Å². The molecule has 1 aliphatic rings. The van der Waals surface area contributed by atoms with Gasteiger partial charge in [-0.1, -0.05) is 84.6 Å². The molecule has 0 amide bonds. The number of carboxylic acid groups (broad SMARTS) is 1. The number of hydrogen-bond acceptors (Lipinski definition) is 6. The highest BCUT2D eigenvalue weighted by Crippen LogP contribution is 2.43. The normalized spacial score (nSPS) is 13.5. The predicted octanol–water partition coefficient (Wildman–Crippen LogP) is 6.48. The largest absolute Gasteiger partial charge is 0.478 e. The van der Waals surface area contributed by atoms with Crippen LogP contribution in [0.3, 0.4) is 0 Å². The number of aromatic nitrogens is 1. The summed E-state index contributed by atoms with van der Waals surface area (Å²) in [6, 6.07) is 25.4. The van der Waals surface area contributed by atoms with Gasteiger partial charge < -0.3 is 14.7 Å². The van der Waals surface area contributed by atoms with Gasteiger partial charge in [-0.05, 0) is 41.3 Å². The maximum Gasteiger partial charge on any atom is 0.337 e. The fraction of sp³-hybridized carbons (Fsp3) is 0.133. The van der Waals surface area contributed by atoms with Crippen molar-refractivity contribution in [1.82, 2.24) is 4.98 Å². The molecule has 3 aromatic carbocycles. The van der Waals surface area contributed by atoms with Crippen molar-refractivity contribution in [2.24, 2.45) is 0 Å². The maximum atomic E-state index is 13.1. The van der Waals surface area contributed by atoms with E-state index in [9.17, 15) is 14.1 Å². The van der Waals surface area contributed by atoms with Crippen LogP contribution in [0.5, 0.6) is 0 Å². The van der Waals surface area contributed by atoms with Gasteiger partial charge in [0, 0.05) is 24.9 Å². The molecule has 0 bridgehead atoms. The maximum absolute atomic E-state index is 13.1. The second-order valence-electron chi connectivity index (χ2n) is 8.80. The molecule has 0 fully saturated rings. The Morgan fingerprint density at radius 1 is 1.08 bits per heavy atom. The molecule has 0 aliphatic carbocycles. The van der Waals surface area contributed by atoms with Gasteiger partial charge in [0.2, 0.25) is 0 Å². The average Bonchev–Trinajstić information content (AvgIpc) is 3.38. The number of anilines is 2. The Hall–Kier alpha value is -4.05. The van der Waals surface area contributed by atoms with Gasteiger partial charge in [0.25, 0.3) is 0 Å². The molecule has 4 aromatic rings. The number of fused-ring (bicyclic) bond motifs is 1. The minimum Gasteiger partial charge on any atom is -0.478 e. The van der Waals surface area contributed by atoms with E-state index in [2.05, 4.69) is 22.4 Å². The summed E-state index contributed by atoms with van der Waals surface area (Å²) in [7, 11) is -1.56. The number of benzene rings is 3. The van der Waals surface area contributed by atoms with Gasteiger partial charge in [0.05, 0.1) is 17.1 Å².